The van der Waals surface area contributed by atoms with Crippen molar-refractivity contribution in [3.63, 3.8) is 0 Å². The van der Waals surface area contributed by atoms with Gasteiger partial charge in [0.15, 0.2) is 0 Å². The van der Waals surface area contributed by atoms with Crippen molar-refractivity contribution in [1.82, 2.24) is 10.6 Å². The van der Waals surface area contributed by atoms with Crippen molar-refractivity contribution < 1.29 is 9.53 Å². The maximum absolute atomic E-state index is 11.9. The van der Waals surface area contributed by atoms with Crippen LogP contribution in [-0.4, -0.2) is 36.7 Å². The first kappa shape index (κ1) is 13.8. The normalized spacial score (nSPS) is 36.6. The molecule has 2 aliphatic rings. The molecule has 0 saturated carbocycles. The molecular weight excluding hydrogens is 228 g/mol. The van der Waals surface area contributed by atoms with Gasteiger partial charge < -0.3 is 15.4 Å². The standard InChI is InChI=1S/C14H26N2O2/c1-10-5-6-12(18-10)7-8-14(17)16-13-4-3-9-15-11(13)2/h10-13,15H,3-9H2,1-2H3,(H,16,17). The van der Waals surface area contributed by atoms with Crippen molar-refractivity contribution in [3.05, 3.63) is 0 Å². The molecule has 4 nitrogen and oxygen atoms in total. The molecule has 1 amide bonds. The lowest BCUT2D eigenvalue weighted by Crippen LogP contribution is -2.51. The Hall–Kier alpha value is -0.610. The molecule has 2 fully saturated rings. The van der Waals surface area contributed by atoms with E-state index in [0.29, 0.717) is 30.7 Å². The second kappa shape index (κ2) is 6.53. The van der Waals surface area contributed by atoms with Crippen LogP contribution in [-0.2, 0) is 9.53 Å². The van der Waals surface area contributed by atoms with Crippen LogP contribution in [0.1, 0.15) is 52.4 Å². The summed E-state index contributed by atoms with van der Waals surface area (Å²) in [7, 11) is 0. The smallest absolute Gasteiger partial charge is 0.220 e. The molecule has 2 saturated heterocycles. The van der Waals surface area contributed by atoms with Crippen molar-refractivity contribution in [2.45, 2.75) is 76.7 Å². The third-order valence-corrected chi connectivity index (χ3v) is 4.12. The van der Waals surface area contributed by atoms with Gasteiger partial charge in [0.05, 0.1) is 12.2 Å². The summed E-state index contributed by atoms with van der Waals surface area (Å²) >= 11 is 0. The Bertz CT molecular complexity index is 283. The fourth-order valence-corrected chi connectivity index (χ4v) is 2.91. The first-order valence-electron chi connectivity index (χ1n) is 7.33. The van der Waals surface area contributed by atoms with Gasteiger partial charge in [-0.05, 0) is 52.5 Å². The minimum absolute atomic E-state index is 0.179. The van der Waals surface area contributed by atoms with Crippen molar-refractivity contribution in [1.29, 1.82) is 0 Å². The molecule has 0 aliphatic carbocycles. The van der Waals surface area contributed by atoms with Gasteiger partial charge in [-0.25, -0.2) is 0 Å². The largest absolute Gasteiger partial charge is 0.375 e. The molecule has 2 N–H and O–H groups in total. The second-order valence-corrected chi connectivity index (χ2v) is 5.74. The minimum atomic E-state index is 0.179. The van der Waals surface area contributed by atoms with Crippen LogP contribution in [0.5, 0.6) is 0 Å². The van der Waals surface area contributed by atoms with E-state index in [-0.39, 0.29) is 5.91 Å². The topological polar surface area (TPSA) is 50.4 Å². The number of carbonyl (C=O) groups excluding carboxylic acids is 1. The van der Waals surface area contributed by atoms with E-state index in [1.54, 1.807) is 0 Å². The fourth-order valence-electron chi connectivity index (χ4n) is 2.91. The summed E-state index contributed by atoms with van der Waals surface area (Å²) < 4.78 is 5.73. The summed E-state index contributed by atoms with van der Waals surface area (Å²) in [5.74, 6) is 0.179. The lowest BCUT2D eigenvalue weighted by molar-refractivity contribution is -0.122. The van der Waals surface area contributed by atoms with E-state index in [9.17, 15) is 4.79 Å². The SMILES string of the molecule is CC1CCC(CCC(=O)NC2CCCNC2C)O1. The highest BCUT2D eigenvalue weighted by molar-refractivity contribution is 5.76. The van der Waals surface area contributed by atoms with E-state index in [0.717, 1.165) is 38.6 Å². The second-order valence-electron chi connectivity index (χ2n) is 5.74. The monoisotopic (exact) mass is 254 g/mol. The predicted molar refractivity (Wildman–Crippen MR) is 71.4 cm³/mol. The summed E-state index contributed by atoms with van der Waals surface area (Å²) in [6.45, 7) is 5.32. The summed E-state index contributed by atoms with van der Waals surface area (Å²) in [4.78, 5) is 11.9. The molecule has 4 unspecified atom stereocenters. The third kappa shape index (κ3) is 3.95. The lowest BCUT2D eigenvalue weighted by Gasteiger charge is -2.30. The summed E-state index contributed by atoms with van der Waals surface area (Å²) in [5, 5.41) is 6.55. The van der Waals surface area contributed by atoms with Crippen LogP contribution in [0.3, 0.4) is 0 Å². The molecule has 0 aromatic rings. The van der Waals surface area contributed by atoms with Gasteiger partial charge in [-0.2, -0.15) is 0 Å². The Labute approximate surface area is 110 Å². The zero-order chi connectivity index (χ0) is 13.0. The first-order chi connectivity index (χ1) is 8.65. The zero-order valence-corrected chi connectivity index (χ0v) is 11.6. The fraction of sp³-hybridized carbons (Fsp3) is 0.929. The van der Waals surface area contributed by atoms with Gasteiger partial charge in [0, 0.05) is 18.5 Å². The molecule has 0 spiro atoms. The van der Waals surface area contributed by atoms with Gasteiger partial charge in [-0.15, -0.1) is 0 Å². The van der Waals surface area contributed by atoms with E-state index in [1.165, 1.54) is 0 Å². The number of piperidine rings is 1. The molecule has 2 rings (SSSR count). The van der Waals surface area contributed by atoms with Gasteiger partial charge in [0.2, 0.25) is 5.91 Å². The Balaban J connectivity index is 1.65. The van der Waals surface area contributed by atoms with E-state index in [4.69, 9.17) is 4.74 Å². The Morgan fingerprint density at radius 2 is 2.17 bits per heavy atom. The van der Waals surface area contributed by atoms with Crippen LogP contribution < -0.4 is 10.6 Å². The van der Waals surface area contributed by atoms with E-state index in [2.05, 4.69) is 24.5 Å². The van der Waals surface area contributed by atoms with Gasteiger partial charge in [0.1, 0.15) is 0 Å². The maximum Gasteiger partial charge on any atom is 0.220 e. The highest BCUT2D eigenvalue weighted by atomic mass is 16.5. The zero-order valence-electron chi connectivity index (χ0n) is 11.6. The van der Waals surface area contributed by atoms with Gasteiger partial charge in [-0.3, -0.25) is 4.79 Å². The van der Waals surface area contributed by atoms with Crippen LogP contribution in [0.15, 0.2) is 0 Å². The average Bonchev–Trinajstić information content (AvgIpc) is 2.76. The molecule has 0 aromatic heterocycles. The first-order valence-corrected chi connectivity index (χ1v) is 7.33. The average molecular weight is 254 g/mol. The molecule has 4 heteroatoms. The third-order valence-electron chi connectivity index (χ3n) is 4.12. The van der Waals surface area contributed by atoms with Crippen LogP contribution in [0.4, 0.5) is 0 Å². The van der Waals surface area contributed by atoms with Crippen LogP contribution in [0.2, 0.25) is 0 Å². The quantitative estimate of drug-likeness (QED) is 0.801. The number of carbonyl (C=O) groups is 1. The van der Waals surface area contributed by atoms with Crippen LogP contribution in [0, 0.1) is 0 Å². The number of nitrogens with one attached hydrogen (secondary N) is 2. The van der Waals surface area contributed by atoms with Crippen LogP contribution >= 0.6 is 0 Å². The van der Waals surface area contributed by atoms with Crippen molar-refractivity contribution in [2.75, 3.05) is 6.54 Å². The lowest BCUT2D eigenvalue weighted by atomic mass is 9.99. The highest BCUT2D eigenvalue weighted by Gasteiger charge is 2.24. The maximum atomic E-state index is 11.9. The molecule has 104 valence electrons. The van der Waals surface area contributed by atoms with E-state index in [1.807, 2.05) is 0 Å². The number of hydrogen-bond acceptors (Lipinski definition) is 3. The predicted octanol–water partition coefficient (Wildman–Crippen LogP) is 1.59. The van der Waals surface area contributed by atoms with Crippen molar-refractivity contribution in [2.24, 2.45) is 0 Å². The molecule has 0 aromatic carbocycles. The number of hydrogen-bond donors (Lipinski definition) is 2. The molecular formula is C14H26N2O2. The van der Waals surface area contributed by atoms with Crippen molar-refractivity contribution in [3.8, 4) is 0 Å². The van der Waals surface area contributed by atoms with E-state index < -0.39 is 0 Å². The molecule has 2 heterocycles. The number of ether oxygens (including phenoxy) is 1. The molecule has 2 aliphatic heterocycles. The Morgan fingerprint density at radius 3 is 2.83 bits per heavy atom. The Morgan fingerprint density at radius 1 is 1.33 bits per heavy atom. The highest BCUT2D eigenvalue weighted by Crippen LogP contribution is 2.22. The molecule has 0 bridgehead atoms. The number of rotatable bonds is 4. The Kier molecular flexibility index (Phi) is 5.01. The van der Waals surface area contributed by atoms with Gasteiger partial charge >= 0.3 is 0 Å². The van der Waals surface area contributed by atoms with Gasteiger partial charge in [0.25, 0.3) is 0 Å². The molecule has 0 radical (unpaired) electrons. The van der Waals surface area contributed by atoms with Crippen LogP contribution in [0.25, 0.3) is 0 Å². The summed E-state index contributed by atoms with van der Waals surface area (Å²) in [5.41, 5.74) is 0. The molecule has 18 heavy (non-hydrogen) atoms. The number of amides is 1. The van der Waals surface area contributed by atoms with Crippen molar-refractivity contribution >= 4 is 5.91 Å². The molecule has 4 atom stereocenters. The summed E-state index contributed by atoms with van der Waals surface area (Å²) in [6.07, 6.45) is 6.63. The van der Waals surface area contributed by atoms with Gasteiger partial charge in [-0.1, -0.05) is 0 Å². The van der Waals surface area contributed by atoms with E-state index >= 15 is 0 Å². The summed E-state index contributed by atoms with van der Waals surface area (Å²) in [6, 6.07) is 0.695. The minimum Gasteiger partial charge on any atom is -0.375 e.